The number of nitrogens with zero attached hydrogens (tertiary/aromatic N) is 1. The summed E-state index contributed by atoms with van der Waals surface area (Å²) in [7, 11) is 0. The molecule has 0 saturated heterocycles. The van der Waals surface area contributed by atoms with Crippen LogP contribution in [0.4, 0.5) is 11.4 Å². The van der Waals surface area contributed by atoms with Gasteiger partial charge in [-0.05, 0) is 42.1 Å². The second kappa shape index (κ2) is 7.62. The molecule has 136 valence electrons. The molecule has 1 aliphatic heterocycles. The van der Waals surface area contributed by atoms with Crippen LogP contribution in [0.15, 0.2) is 65.7 Å². The lowest BCUT2D eigenvalue weighted by atomic mass is 10.1. The number of amidine groups is 1. The van der Waals surface area contributed by atoms with E-state index in [1.54, 1.807) is 0 Å². The van der Waals surface area contributed by atoms with Gasteiger partial charge in [-0.2, -0.15) is 0 Å². The maximum Gasteiger partial charge on any atom is 0.230 e. The molecular weight excluding hydrogens is 378 g/mol. The standard InChI is InChI=1S/C21H18ClN3OS/c1-13(14-8-10-16(22)11-9-14)23-19(26)12-27-21-24-17-6-2-4-15-5-3-7-18(25-21)20(15)17/h2-11,13H,12H2,1H3,(H,23,26)(H,24,25)/t13-/m0/s1. The molecule has 0 aromatic heterocycles. The minimum atomic E-state index is -0.0777. The second-order valence-electron chi connectivity index (χ2n) is 6.35. The molecule has 3 aromatic rings. The van der Waals surface area contributed by atoms with Crippen LogP contribution in [0, 0.1) is 0 Å². The van der Waals surface area contributed by atoms with Gasteiger partial charge in [0.1, 0.15) is 0 Å². The van der Waals surface area contributed by atoms with Gasteiger partial charge in [-0.25, -0.2) is 4.99 Å². The van der Waals surface area contributed by atoms with Crippen LogP contribution in [-0.2, 0) is 4.79 Å². The summed E-state index contributed by atoms with van der Waals surface area (Å²) in [5.41, 5.74) is 2.97. The Morgan fingerprint density at radius 1 is 1.15 bits per heavy atom. The summed E-state index contributed by atoms with van der Waals surface area (Å²) in [5.74, 6) is 0.256. The van der Waals surface area contributed by atoms with E-state index in [2.05, 4.69) is 27.8 Å². The van der Waals surface area contributed by atoms with Crippen molar-refractivity contribution in [2.24, 2.45) is 4.99 Å². The van der Waals surface area contributed by atoms with Crippen LogP contribution in [0.2, 0.25) is 5.02 Å². The number of nitrogens with one attached hydrogen (secondary N) is 2. The quantitative estimate of drug-likeness (QED) is 0.611. The molecule has 3 aromatic carbocycles. The summed E-state index contributed by atoms with van der Waals surface area (Å²) in [6, 6.07) is 19.6. The van der Waals surface area contributed by atoms with Crippen molar-refractivity contribution in [3.63, 3.8) is 0 Å². The Kier molecular flexibility index (Phi) is 5.05. The normalized spacial score (nSPS) is 13.6. The Morgan fingerprint density at radius 3 is 2.67 bits per heavy atom. The first-order valence-electron chi connectivity index (χ1n) is 8.65. The Morgan fingerprint density at radius 2 is 1.89 bits per heavy atom. The highest BCUT2D eigenvalue weighted by Gasteiger charge is 2.16. The molecule has 2 N–H and O–H groups in total. The highest BCUT2D eigenvalue weighted by Crippen LogP contribution is 2.36. The van der Waals surface area contributed by atoms with Gasteiger partial charge in [-0.15, -0.1) is 0 Å². The van der Waals surface area contributed by atoms with Crippen molar-refractivity contribution in [1.29, 1.82) is 0 Å². The molecule has 1 amide bonds. The fourth-order valence-corrected chi connectivity index (χ4v) is 3.91. The van der Waals surface area contributed by atoms with E-state index >= 15 is 0 Å². The Hall–Kier alpha value is -2.50. The Bertz CT molecular complexity index is 1030. The summed E-state index contributed by atoms with van der Waals surface area (Å²) >= 11 is 7.31. The van der Waals surface area contributed by atoms with Gasteiger partial charge in [-0.1, -0.05) is 59.8 Å². The van der Waals surface area contributed by atoms with Crippen molar-refractivity contribution in [2.75, 3.05) is 11.1 Å². The van der Waals surface area contributed by atoms with Crippen LogP contribution in [0.25, 0.3) is 10.8 Å². The van der Waals surface area contributed by atoms with E-state index in [9.17, 15) is 4.79 Å². The molecule has 0 spiro atoms. The average molecular weight is 396 g/mol. The largest absolute Gasteiger partial charge is 0.349 e. The molecule has 0 aliphatic carbocycles. The van der Waals surface area contributed by atoms with Crippen molar-refractivity contribution in [3.8, 4) is 0 Å². The SMILES string of the molecule is C[C@H](NC(=O)CSC1=Nc2cccc3cccc(c23)N1)c1ccc(Cl)cc1. The van der Waals surface area contributed by atoms with Gasteiger partial charge < -0.3 is 10.6 Å². The summed E-state index contributed by atoms with van der Waals surface area (Å²) < 4.78 is 0. The number of amides is 1. The highest BCUT2D eigenvalue weighted by atomic mass is 35.5. The lowest BCUT2D eigenvalue weighted by molar-refractivity contribution is -0.119. The molecule has 0 unspecified atom stereocenters. The first-order valence-corrected chi connectivity index (χ1v) is 10.0. The molecule has 0 radical (unpaired) electrons. The van der Waals surface area contributed by atoms with Gasteiger partial charge in [0.05, 0.1) is 23.2 Å². The number of halogens is 1. The lowest BCUT2D eigenvalue weighted by Crippen LogP contribution is -2.29. The topological polar surface area (TPSA) is 53.5 Å². The Labute approximate surface area is 167 Å². The minimum Gasteiger partial charge on any atom is -0.349 e. The van der Waals surface area contributed by atoms with Gasteiger partial charge >= 0.3 is 0 Å². The summed E-state index contributed by atoms with van der Waals surface area (Å²) in [5, 5.41) is 10.0. The lowest BCUT2D eigenvalue weighted by Gasteiger charge is -2.19. The molecule has 4 rings (SSSR count). The molecule has 1 heterocycles. The van der Waals surface area contributed by atoms with Crippen LogP contribution in [0.1, 0.15) is 18.5 Å². The van der Waals surface area contributed by atoms with Gasteiger partial charge in [0.15, 0.2) is 5.17 Å². The van der Waals surface area contributed by atoms with Gasteiger partial charge in [0.25, 0.3) is 0 Å². The van der Waals surface area contributed by atoms with E-state index in [-0.39, 0.29) is 11.9 Å². The van der Waals surface area contributed by atoms with E-state index in [0.29, 0.717) is 10.8 Å². The predicted molar refractivity (Wildman–Crippen MR) is 115 cm³/mol. The van der Waals surface area contributed by atoms with Crippen molar-refractivity contribution < 1.29 is 4.79 Å². The number of hydrogen-bond donors (Lipinski definition) is 2. The zero-order valence-corrected chi connectivity index (χ0v) is 16.3. The van der Waals surface area contributed by atoms with E-state index in [0.717, 1.165) is 32.9 Å². The third kappa shape index (κ3) is 3.94. The smallest absolute Gasteiger partial charge is 0.230 e. The number of benzene rings is 3. The molecule has 1 atom stereocenters. The molecule has 27 heavy (non-hydrogen) atoms. The average Bonchev–Trinajstić information content (AvgIpc) is 2.67. The number of hydrogen-bond acceptors (Lipinski definition) is 4. The number of anilines is 1. The van der Waals surface area contributed by atoms with Crippen LogP contribution >= 0.6 is 23.4 Å². The van der Waals surface area contributed by atoms with Crippen molar-refractivity contribution in [1.82, 2.24) is 5.32 Å². The number of aliphatic imine (C=N–C) groups is 1. The van der Waals surface area contributed by atoms with Gasteiger partial charge in [0.2, 0.25) is 5.91 Å². The number of carbonyl (C=O) groups excluding carboxylic acids is 1. The number of carbonyl (C=O) groups is 1. The molecule has 1 aliphatic rings. The van der Waals surface area contributed by atoms with Crippen LogP contribution in [0.5, 0.6) is 0 Å². The molecule has 6 heteroatoms. The fraction of sp³-hybridized carbons (Fsp3) is 0.143. The molecular formula is C21H18ClN3OS. The van der Waals surface area contributed by atoms with E-state index in [4.69, 9.17) is 11.6 Å². The highest BCUT2D eigenvalue weighted by molar-refractivity contribution is 8.14. The Balaban J connectivity index is 1.40. The van der Waals surface area contributed by atoms with E-state index in [1.165, 1.54) is 11.8 Å². The van der Waals surface area contributed by atoms with Crippen molar-refractivity contribution in [2.45, 2.75) is 13.0 Å². The number of rotatable bonds is 4. The van der Waals surface area contributed by atoms with Gasteiger partial charge in [0, 0.05) is 10.4 Å². The fourth-order valence-electron chi connectivity index (χ4n) is 3.09. The number of thioether (sulfide) groups is 1. The minimum absolute atomic E-state index is 0.0379. The first-order chi connectivity index (χ1) is 13.1. The molecule has 0 saturated carbocycles. The third-order valence-electron chi connectivity index (χ3n) is 4.43. The van der Waals surface area contributed by atoms with E-state index < -0.39 is 0 Å². The first kappa shape index (κ1) is 17.9. The summed E-state index contributed by atoms with van der Waals surface area (Å²) in [6.45, 7) is 1.96. The monoisotopic (exact) mass is 395 g/mol. The molecule has 0 bridgehead atoms. The van der Waals surface area contributed by atoms with Crippen LogP contribution in [0.3, 0.4) is 0 Å². The third-order valence-corrected chi connectivity index (χ3v) is 5.56. The van der Waals surface area contributed by atoms with Crippen LogP contribution < -0.4 is 10.6 Å². The summed E-state index contributed by atoms with van der Waals surface area (Å²) in [6.07, 6.45) is 0. The second-order valence-corrected chi connectivity index (χ2v) is 7.75. The van der Waals surface area contributed by atoms with Crippen molar-refractivity contribution >= 4 is 56.6 Å². The molecule has 0 fully saturated rings. The zero-order chi connectivity index (χ0) is 18.8. The summed E-state index contributed by atoms with van der Waals surface area (Å²) in [4.78, 5) is 17.0. The van der Waals surface area contributed by atoms with Crippen LogP contribution in [-0.4, -0.2) is 16.8 Å². The maximum atomic E-state index is 12.3. The van der Waals surface area contributed by atoms with Crippen molar-refractivity contribution in [3.05, 3.63) is 71.2 Å². The van der Waals surface area contributed by atoms with E-state index in [1.807, 2.05) is 55.5 Å². The van der Waals surface area contributed by atoms with Gasteiger partial charge in [-0.3, -0.25) is 4.79 Å². The maximum absolute atomic E-state index is 12.3. The molecule has 4 nitrogen and oxygen atoms in total. The zero-order valence-electron chi connectivity index (χ0n) is 14.7. The predicted octanol–water partition coefficient (Wildman–Crippen LogP) is 5.52.